The fourth-order valence-corrected chi connectivity index (χ4v) is 4.29. The number of carbonyl (C=O) groups excluding carboxylic acids is 1. The minimum atomic E-state index is -1.68. The van der Waals surface area contributed by atoms with E-state index in [-0.39, 0.29) is 11.6 Å². The second kappa shape index (κ2) is 10.8. The molecule has 0 bridgehead atoms. The summed E-state index contributed by atoms with van der Waals surface area (Å²) in [6, 6.07) is 5.21. The minimum absolute atomic E-state index is 0.133. The Balaban J connectivity index is 1.43. The van der Waals surface area contributed by atoms with Crippen LogP contribution in [0.2, 0.25) is 0 Å². The molecule has 2 atom stereocenters. The number of hydrogen-bond acceptors (Lipinski definition) is 10. The van der Waals surface area contributed by atoms with Crippen molar-refractivity contribution >= 4 is 28.6 Å². The molecule has 5 rings (SSSR count). The first-order valence-corrected chi connectivity index (χ1v) is 12.5. The monoisotopic (exact) mass is 548 g/mol. The van der Waals surface area contributed by atoms with Gasteiger partial charge in [0.15, 0.2) is 17.3 Å². The third-order valence-electron chi connectivity index (χ3n) is 6.53. The topological polar surface area (TPSA) is 158 Å². The molecule has 1 aliphatic heterocycles. The maximum absolute atomic E-state index is 14.3. The van der Waals surface area contributed by atoms with E-state index >= 15 is 0 Å². The smallest absolute Gasteiger partial charge is 0.255 e. The second-order valence-corrected chi connectivity index (χ2v) is 10.0. The van der Waals surface area contributed by atoms with Gasteiger partial charge in [-0.1, -0.05) is 0 Å². The van der Waals surface area contributed by atoms with E-state index in [0.29, 0.717) is 53.6 Å². The maximum atomic E-state index is 14.3. The summed E-state index contributed by atoms with van der Waals surface area (Å²) < 4.78 is 29.1. The molecule has 5 heterocycles. The highest BCUT2D eigenvalue weighted by atomic mass is 19.1. The number of anilines is 2. The van der Waals surface area contributed by atoms with Crippen LogP contribution in [0.4, 0.5) is 20.4 Å². The van der Waals surface area contributed by atoms with Crippen LogP contribution in [-0.2, 0) is 0 Å². The first-order chi connectivity index (χ1) is 19.1. The van der Waals surface area contributed by atoms with E-state index in [2.05, 4.69) is 35.7 Å². The Bertz CT molecular complexity index is 1580. The van der Waals surface area contributed by atoms with E-state index in [1.807, 2.05) is 11.0 Å². The van der Waals surface area contributed by atoms with Gasteiger partial charge in [-0.25, -0.2) is 28.7 Å². The fourth-order valence-electron chi connectivity index (χ4n) is 4.29. The molecule has 3 N–H and O–H groups in total. The van der Waals surface area contributed by atoms with Gasteiger partial charge in [-0.3, -0.25) is 4.79 Å². The quantitative estimate of drug-likeness (QED) is 0.298. The zero-order valence-corrected chi connectivity index (χ0v) is 21.7. The van der Waals surface area contributed by atoms with Crippen LogP contribution in [0.1, 0.15) is 36.2 Å². The van der Waals surface area contributed by atoms with Gasteiger partial charge < -0.3 is 20.6 Å². The van der Waals surface area contributed by atoms with Gasteiger partial charge in [0, 0.05) is 43.0 Å². The average Bonchev–Trinajstić information content (AvgIpc) is 3.58. The Morgan fingerprint density at radius 2 is 1.98 bits per heavy atom. The van der Waals surface area contributed by atoms with E-state index in [4.69, 9.17) is 5.26 Å². The second-order valence-electron chi connectivity index (χ2n) is 10.0. The highest BCUT2D eigenvalue weighted by Gasteiger charge is 2.29. The number of hydrogen-bond donors (Lipinski definition) is 3. The largest absolute Gasteiger partial charge is 0.387 e. The molecule has 0 aromatic carbocycles. The van der Waals surface area contributed by atoms with E-state index in [9.17, 15) is 18.7 Å². The highest BCUT2D eigenvalue weighted by Crippen LogP contribution is 2.25. The van der Waals surface area contributed by atoms with Crippen LogP contribution >= 0.6 is 0 Å². The number of nitrogens with one attached hydrogen (secondary N) is 2. The van der Waals surface area contributed by atoms with E-state index in [0.717, 1.165) is 12.4 Å². The number of nitriles is 1. The van der Waals surface area contributed by atoms with Crippen LogP contribution < -0.4 is 15.5 Å². The summed E-state index contributed by atoms with van der Waals surface area (Å²) in [5.74, 6) is -0.345. The summed E-state index contributed by atoms with van der Waals surface area (Å²) in [5, 5.41) is 29.9. The third-order valence-corrected chi connectivity index (χ3v) is 6.53. The number of carbonyl (C=O) groups is 1. The number of halogens is 2. The fraction of sp³-hybridized carbons (Fsp3) is 0.346. The molecule has 1 amide bonds. The van der Waals surface area contributed by atoms with Crippen molar-refractivity contribution < 1.29 is 18.7 Å². The average molecular weight is 549 g/mol. The Kier molecular flexibility index (Phi) is 7.22. The van der Waals surface area contributed by atoms with Crippen LogP contribution in [0.3, 0.4) is 0 Å². The Labute approximate surface area is 227 Å². The first kappa shape index (κ1) is 26.8. The van der Waals surface area contributed by atoms with Gasteiger partial charge in [0.1, 0.15) is 12.2 Å². The van der Waals surface area contributed by atoms with Crippen molar-refractivity contribution in [3.8, 4) is 11.9 Å². The number of pyridine rings is 2. The molecule has 206 valence electrons. The molecule has 1 fully saturated rings. The van der Waals surface area contributed by atoms with E-state index in [1.54, 1.807) is 18.3 Å². The molecule has 4 aromatic rings. The summed E-state index contributed by atoms with van der Waals surface area (Å²) in [7, 11) is 0. The summed E-state index contributed by atoms with van der Waals surface area (Å²) >= 11 is 0. The maximum Gasteiger partial charge on any atom is 0.255 e. The van der Waals surface area contributed by atoms with Crippen molar-refractivity contribution in [1.29, 1.82) is 5.26 Å². The van der Waals surface area contributed by atoms with Gasteiger partial charge in [-0.2, -0.15) is 15.0 Å². The Hall–Kier alpha value is -4.77. The van der Waals surface area contributed by atoms with Crippen LogP contribution in [0.25, 0.3) is 16.9 Å². The van der Waals surface area contributed by atoms with Crippen LogP contribution in [-0.4, -0.2) is 78.2 Å². The number of alkyl halides is 1. The number of aliphatic hydroxyl groups is 1. The molecular weight excluding hydrogens is 522 g/mol. The Morgan fingerprint density at radius 1 is 1.20 bits per heavy atom. The lowest BCUT2D eigenvalue weighted by Gasteiger charge is -2.23. The molecular formula is C26H26F2N10O2. The van der Waals surface area contributed by atoms with Crippen LogP contribution in [0.5, 0.6) is 0 Å². The number of rotatable bonds is 8. The summed E-state index contributed by atoms with van der Waals surface area (Å²) in [6.45, 7) is 3.35. The lowest BCUT2D eigenvalue weighted by molar-refractivity contribution is -0.00177. The molecule has 0 saturated carbocycles. The highest BCUT2D eigenvalue weighted by molar-refractivity contribution is 5.99. The standard InChI is InChI=1S/C26H26F2N10O2/c1-26(2,40)21(28)13-32-24(39)19-12-30-22(38-23-16(9-35-38)5-15(7-29)8-31-23)6-20(19)36-18-3-4-37(14-18)25-33-10-17(27)11-34-25/h5-6,8-12,18,21,40H,3-4,13-14H2,1-2H3,(H,30,36)(H,32,39)/t18-,21-/m1/s1. The summed E-state index contributed by atoms with van der Waals surface area (Å²) in [5.41, 5.74) is -0.168. The van der Waals surface area contributed by atoms with Crippen molar-refractivity contribution in [1.82, 2.24) is 35.0 Å². The minimum Gasteiger partial charge on any atom is -0.387 e. The van der Waals surface area contributed by atoms with Crippen molar-refractivity contribution in [3.63, 3.8) is 0 Å². The van der Waals surface area contributed by atoms with E-state index in [1.165, 1.54) is 30.9 Å². The lowest BCUT2D eigenvalue weighted by atomic mass is 10.0. The van der Waals surface area contributed by atoms with Gasteiger partial charge in [-0.15, -0.1) is 0 Å². The number of aromatic nitrogens is 6. The lowest BCUT2D eigenvalue weighted by Crippen LogP contribution is -2.42. The van der Waals surface area contributed by atoms with Crippen molar-refractivity contribution in [2.24, 2.45) is 0 Å². The number of fused-ring (bicyclic) bond motifs is 1. The first-order valence-electron chi connectivity index (χ1n) is 12.5. The van der Waals surface area contributed by atoms with Gasteiger partial charge in [0.05, 0.1) is 47.6 Å². The molecule has 1 aliphatic rings. The zero-order chi connectivity index (χ0) is 28.4. The molecule has 4 aromatic heterocycles. The molecule has 0 spiro atoms. The normalized spacial score (nSPS) is 16.1. The molecule has 40 heavy (non-hydrogen) atoms. The number of nitrogens with zero attached hydrogens (tertiary/aromatic N) is 8. The molecule has 14 heteroatoms. The third kappa shape index (κ3) is 5.64. The van der Waals surface area contributed by atoms with Gasteiger partial charge in [0.2, 0.25) is 5.95 Å². The van der Waals surface area contributed by atoms with E-state index < -0.39 is 30.0 Å². The van der Waals surface area contributed by atoms with Crippen molar-refractivity contribution in [2.45, 2.75) is 38.1 Å². The molecule has 0 aliphatic carbocycles. The van der Waals surface area contributed by atoms with Gasteiger partial charge in [0.25, 0.3) is 5.91 Å². The van der Waals surface area contributed by atoms with Crippen LogP contribution in [0.15, 0.2) is 43.1 Å². The molecule has 1 saturated heterocycles. The van der Waals surface area contributed by atoms with Gasteiger partial charge in [-0.05, 0) is 26.3 Å². The van der Waals surface area contributed by atoms with Crippen LogP contribution in [0, 0.1) is 17.1 Å². The SMILES string of the molecule is CC(C)(O)[C@H](F)CNC(=O)c1cnc(-n2ncc3cc(C#N)cnc32)cc1N[C@@H]1CCN(c2ncc(F)cn2)C1. The van der Waals surface area contributed by atoms with Crippen molar-refractivity contribution in [3.05, 3.63) is 60.1 Å². The molecule has 0 radical (unpaired) electrons. The van der Waals surface area contributed by atoms with Crippen molar-refractivity contribution in [2.75, 3.05) is 29.9 Å². The number of amides is 1. The van der Waals surface area contributed by atoms with Gasteiger partial charge >= 0.3 is 0 Å². The molecule has 0 unspecified atom stereocenters. The summed E-state index contributed by atoms with van der Waals surface area (Å²) in [4.78, 5) is 31.8. The zero-order valence-electron chi connectivity index (χ0n) is 21.7. The summed E-state index contributed by atoms with van der Waals surface area (Å²) in [6.07, 6.45) is 5.56. The molecule has 12 nitrogen and oxygen atoms in total. The predicted octanol–water partition coefficient (Wildman–Crippen LogP) is 2.15. The Morgan fingerprint density at radius 3 is 2.70 bits per heavy atom. The predicted molar refractivity (Wildman–Crippen MR) is 141 cm³/mol.